The maximum absolute atomic E-state index is 12.2. The van der Waals surface area contributed by atoms with Crippen LogP contribution in [0.4, 0.5) is 0 Å². The molecule has 1 N–H and O–H groups in total. The summed E-state index contributed by atoms with van der Waals surface area (Å²) >= 11 is 1.57. The third-order valence-electron chi connectivity index (χ3n) is 3.38. The van der Waals surface area contributed by atoms with Gasteiger partial charge in [-0.1, -0.05) is 17.7 Å². The molecule has 122 valence electrons. The molecule has 1 aromatic heterocycles. The number of nitrogens with one attached hydrogen (secondary N) is 1. The van der Waals surface area contributed by atoms with Gasteiger partial charge >= 0.3 is 0 Å². The Labute approximate surface area is 142 Å². The lowest BCUT2D eigenvalue weighted by Gasteiger charge is -2.12. The maximum atomic E-state index is 12.2. The third-order valence-corrected chi connectivity index (χ3v) is 4.49. The molecule has 1 atom stereocenters. The van der Waals surface area contributed by atoms with Crippen molar-refractivity contribution >= 4 is 17.7 Å². The Bertz CT molecular complexity index is 650. The van der Waals surface area contributed by atoms with Crippen LogP contribution in [0.15, 0.2) is 35.2 Å². The second-order valence-corrected chi connectivity index (χ2v) is 7.10. The first-order chi connectivity index (χ1) is 10.9. The quantitative estimate of drug-likeness (QED) is 0.827. The molecule has 0 unspecified atom stereocenters. The van der Waals surface area contributed by atoms with E-state index in [0.717, 1.165) is 22.1 Å². The molecule has 1 heterocycles. The molecule has 0 fully saturated rings. The van der Waals surface area contributed by atoms with Crippen molar-refractivity contribution in [2.45, 2.75) is 44.3 Å². The highest BCUT2D eigenvalue weighted by molar-refractivity contribution is 8.00. The summed E-state index contributed by atoms with van der Waals surface area (Å²) in [6.45, 7) is 8.45. The minimum atomic E-state index is -0.127. The van der Waals surface area contributed by atoms with Gasteiger partial charge in [-0.25, -0.2) is 9.97 Å². The molecule has 1 amide bonds. The van der Waals surface area contributed by atoms with Gasteiger partial charge in [0.2, 0.25) is 5.91 Å². The zero-order chi connectivity index (χ0) is 16.8. The molecule has 4 nitrogen and oxygen atoms in total. The minimum absolute atomic E-state index is 0.0416. The number of carbonyl (C=O) groups is 1. The Balaban J connectivity index is 1.80. The highest BCUT2D eigenvalue weighted by Crippen LogP contribution is 2.23. The van der Waals surface area contributed by atoms with E-state index in [9.17, 15) is 4.79 Å². The Hall–Kier alpha value is -1.88. The highest BCUT2D eigenvalue weighted by Gasteiger charge is 2.14. The fraction of sp³-hybridized carbons (Fsp3) is 0.389. The van der Waals surface area contributed by atoms with Crippen LogP contribution in [0.3, 0.4) is 0 Å². The molecular formula is C18H23N3OS. The Kier molecular flexibility index (Phi) is 6.16. The molecular weight excluding hydrogens is 306 g/mol. The van der Waals surface area contributed by atoms with Crippen LogP contribution in [0.2, 0.25) is 0 Å². The normalized spacial score (nSPS) is 12.0. The van der Waals surface area contributed by atoms with Gasteiger partial charge in [0.15, 0.2) is 0 Å². The van der Waals surface area contributed by atoms with Crippen LogP contribution in [-0.4, -0.2) is 27.7 Å². The Morgan fingerprint density at radius 2 is 1.74 bits per heavy atom. The van der Waals surface area contributed by atoms with Crippen LogP contribution in [0.1, 0.15) is 29.7 Å². The van der Waals surface area contributed by atoms with Gasteiger partial charge in [-0.2, -0.15) is 0 Å². The zero-order valence-electron chi connectivity index (χ0n) is 14.1. The predicted molar refractivity (Wildman–Crippen MR) is 94.7 cm³/mol. The van der Waals surface area contributed by atoms with Crippen LogP contribution in [0.25, 0.3) is 0 Å². The molecule has 0 spiro atoms. The summed E-state index contributed by atoms with van der Waals surface area (Å²) in [5, 5.41) is 2.83. The van der Waals surface area contributed by atoms with Crippen LogP contribution in [-0.2, 0) is 11.2 Å². The van der Waals surface area contributed by atoms with Crippen LogP contribution < -0.4 is 5.32 Å². The van der Waals surface area contributed by atoms with E-state index in [2.05, 4.69) is 34.3 Å². The van der Waals surface area contributed by atoms with Gasteiger partial charge in [-0.15, -0.1) is 11.8 Å². The fourth-order valence-corrected chi connectivity index (χ4v) is 3.12. The molecule has 0 radical (unpaired) electrons. The minimum Gasteiger partial charge on any atom is -0.355 e. The topological polar surface area (TPSA) is 54.9 Å². The summed E-state index contributed by atoms with van der Waals surface area (Å²) in [5.41, 5.74) is 3.14. The fourth-order valence-electron chi connectivity index (χ4n) is 2.23. The van der Waals surface area contributed by atoms with Crippen molar-refractivity contribution in [3.8, 4) is 0 Å². The molecule has 0 saturated heterocycles. The molecule has 5 heteroatoms. The molecule has 0 aliphatic carbocycles. The molecule has 0 saturated carbocycles. The molecule has 2 rings (SSSR count). The number of aromatic nitrogens is 2. The van der Waals surface area contributed by atoms with Crippen molar-refractivity contribution in [2.75, 3.05) is 6.54 Å². The monoisotopic (exact) mass is 329 g/mol. The molecule has 23 heavy (non-hydrogen) atoms. The van der Waals surface area contributed by atoms with Crippen LogP contribution in [0.5, 0.6) is 0 Å². The van der Waals surface area contributed by atoms with E-state index in [1.807, 2.05) is 39.0 Å². The summed E-state index contributed by atoms with van der Waals surface area (Å²) in [6.07, 6.45) is 0.649. The van der Waals surface area contributed by atoms with Gasteiger partial charge in [0.05, 0.1) is 5.25 Å². The Morgan fingerprint density at radius 1 is 1.13 bits per heavy atom. The molecule has 0 bridgehead atoms. The van der Waals surface area contributed by atoms with Crippen molar-refractivity contribution in [3.63, 3.8) is 0 Å². The molecule has 0 aliphatic heterocycles. The molecule has 1 aromatic carbocycles. The number of carbonyl (C=O) groups excluding carboxylic acids is 1. The average molecular weight is 329 g/mol. The lowest BCUT2D eigenvalue weighted by molar-refractivity contribution is -0.120. The standard InChI is InChI=1S/C18H23N3OS/c1-12-5-7-16(8-6-12)23-15(4)18(22)19-10-9-17-20-13(2)11-14(3)21-17/h5-8,11,15H,9-10H2,1-4H3,(H,19,22)/t15-/m0/s1. The highest BCUT2D eigenvalue weighted by atomic mass is 32.2. The van der Waals surface area contributed by atoms with Gasteiger partial charge in [0, 0.05) is 29.2 Å². The molecule has 2 aromatic rings. The number of amides is 1. The number of rotatable bonds is 6. The summed E-state index contributed by atoms with van der Waals surface area (Å²) in [6, 6.07) is 10.2. The summed E-state index contributed by atoms with van der Waals surface area (Å²) in [4.78, 5) is 22.0. The first kappa shape index (κ1) is 17.5. The number of thioether (sulfide) groups is 1. The molecule has 0 aliphatic rings. The lowest BCUT2D eigenvalue weighted by Crippen LogP contribution is -2.32. The first-order valence-electron chi connectivity index (χ1n) is 7.76. The summed E-state index contributed by atoms with van der Waals surface area (Å²) in [5.74, 6) is 0.821. The predicted octanol–water partition coefficient (Wildman–Crippen LogP) is 3.24. The van der Waals surface area contributed by atoms with Crippen molar-refractivity contribution in [1.29, 1.82) is 0 Å². The van der Waals surface area contributed by atoms with Crippen LogP contribution in [0, 0.1) is 20.8 Å². The summed E-state index contributed by atoms with van der Waals surface area (Å²) in [7, 11) is 0. The zero-order valence-corrected chi connectivity index (χ0v) is 14.9. The van der Waals surface area contributed by atoms with Crippen molar-refractivity contribution < 1.29 is 4.79 Å². The third kappa shape index (κ3) is 5.67. The Morgan fingerprint density at radius 3 is 2.35 bits per heavy atom. The van der Waals surface area contributed by atoms with Crippen molar-refractivity contribution in [3.05, 3.63) is 53.1 Å². The van der Waals surface area contributed by atoms with Gasteiger partial charge < -0.3 is 5.32 Å². The van der Waals surface area contributed by atoms with Crippen molar-refractivity contribution in [2.24, 2.45) is 0 Å². The lowest BCUT2D eigenvalue weighted by atomic mass is 10.2. The number of hydrogen-bond donors (Lipinski definition) is 1. The van der Waals surface area contributed by atoms with Gasteiger partial charge in [-0.3, -0.25) is 4.79 Å². The largest absolute Gasteiger partial charge is 0.355 e. The van der Waals surface area contributed by atoms with E-state index < -0.39 is 0 Å². The van der Waals surface area contributed by atoms with Gasteiger partial charge in [-0.05, 0) is 45.9 Å². The van der Waals surface area contributed by atoms with E-state index in [1.165, 1.54) is 5.56 Å². The second kappa shape index (κ2) is 8.11. The van der Waals surface area contributed by atoms with E-state index in [-0.39, 0.29) is 11.2 Å². The van der Waals surface area contributed by atoms with Gasteiger partial charge in [0.1, 0.15) is 5.82 Å². The smallest absolute Gasteiger partial charge is 0.233 e. The first-order valence-corrected chi connectivity index (χ1v) is 8.64. The van der Waals surface area contributed by atoms with E-state index in [0.29, 0.717) is 13.0 Å². The van der Waals surface area contributed by atoms with Gasteiger partial charge in [0.25, 0.3) is 0 Å². The average Bonchev–Trinajstić information content (AvgIpc) is 2.48. The van der Waals surface area contributed by atoms with Crippen LogP contribution >= 0.6 is 11.8 Å². The van der Waals surface area contributed by atoms with E-state index in [1.54, 1.807) is 11.8 Å². The number of hydrogen-bond acceptors (Lipinski definition) is 4. The number of nitrogens with zero attached hydrogens (tertiary/aromatic N) is 2. The number of benzene rings is 1. The van der Waals surface area contributed by atoms with E-state index in [4.69, 9.17) is 0 Å². The van der Waals surface area contributed by atoms with E-state index >= 15 is 0 Å². The van der Waals surface area contributed by atoms with Crippen molar-refractivity contribution in [1.82, 2.24) is 15.3 Å². The number of aryl methyl sites for hydroxylation is 3. The SMILES string of the molecule is Cc1ccc(S[C@@H](C)C(=O)NCCc2nc(C)cc(C)n2)cc1. The maximum Gasteiger partial charge on any atom is 0.233 e. The summed E-state index contributed by atoms with van der Waals surface area (Å²) < 4.78 is 0. The second-order valence-electron chi connectivity index (χ2n) is 5.68.